The molecule has 0 bridgehead atoms. The summed E-state index contributed by atoms with van der Waals surface area (Å²) in [7, 11) is 3.92. The zero-order valence-electron chi connectivity index (χ0n) is 49.8. The summed E-state index contributed by atoms with van der Waals surface area (Å²) >= 11 is 2.92. The molecule has 4 aromatic rings. The molecular weight excluding hydrogens is 1060 g/mol. The van der Waals surface area contributed by atoms with Crippen molar-refractivity contribution in [2.45, 2.75) is 237 Å². The Morgan fingerprint density at radius 2 is 1.22 bits per heavy atom. The lowest BCUT2D eigenvalue weighted by Gasteiger charge is -2.47. The number of nitriles is 3. The van der Waals surface area contributed by atoms with Crippen molar-refractivity contribution in [1.29, 1.82) is 15.8 Å². The van der Waals surface area contributed by atoms with Gasteiger partial charge < -0.3 is 19.3 Å². The molecule has 0 aliphatic carbocycles. The standard InChI is InChI=1S/C70H90F3N5O2S2/c1-5-7-9-11-13-15-17-19-21-23-25-27-32-42-68(43-33-28-26-24-22-20-18-16-14-12-10-8-6-2)59-47-56(41-40-53-46-52-36-34-44-78-45-35-39-57(63(52)78)64(53)79-4)81-66(59)67-60(77(68)3)48-61(82-67)62-58(51-76)65(54(49-74)50-75)80-69(62,70(71,72)73)55-37-30-29-31-38-55/h29-31,37-38,40-41,46-48H,5-28,32-36,39,42-45H2,1-4H3/b41-40+. The van der Waals surface area contributed by atoms with Crippen LogP contribution < -0.4 is 14.5 Å². The number of fused-ring (bicyclic) bond motifs is 3. The summed E-state index contributed by atoms with van der Waals surface area (Å²) in [6.07, 6.45) is 38.0. The number of methoxy groups -OCH3 is 1. The second-order valence-corrected chi connectivity index (χ2v) is 25.9. The van der Waals surface area contributed by atoms with Gasteiger partial charge in [-0.15, -0.1) is 22.7 Å². The highest BCUT2D eigenvalue weighted by Gasteiger charge is 2.66. The Hall–Kier alpha value is -5.48. The zero-order valence-corrected chi connectivity index (χ0v) is 51.5. The minimum atomic E-state index is -5.10. The van der Waals surface area contributed by atoms with Gasteiger partial charge in [0, 0.05) is 57.8 Å². The maximum Gasteiger partial charge on any atom is 0.437 e. The Morgan fingerprint density at radius 1 is 0.683 bits per heavy atom. The van der Waals surface area contributed by atoms with Gasteiger partial charge >= 0.3 is 6.18 Å². The van der Waals surface area contributed by atoms with E-state index in [1.807, 2.05) is 12.1 Å². The van der Waals surface area contributed by atoms with Gasteiger partial charge in [-0.05, 0) is 80.0 Å². The number of halogens is 3. The number of unbranched alkanes of at least 4 members (excludes halogenated alkanes) is 24. The Labute approximate surface area is 497 Å². The lowest BCUT2D eigenvalue weighted by Crippen LogP contribution is -2.46. The first-order valence-electron chi connectivity index (χ1n) is 31.7. The highest BCUT2D eigenvalue weighted by molar-refractivity contribution is 7.23. The van der Waals surface area contributed by atoms with Crippen molar-refractivity contribution < 1.29 is 22.6 Å². The van der Waals surface area contributed by atoms with Crippen molar-refractivity contribution in [2.24, 2.45) is 0 Å². The molecule has 2 aromatic carbocycles. The van der Waals surface area contributed by atoms with Crippen LogP contribution in [0, 0.1) is 34.0 Å². The van der Waals surface area contributed by atoms with Crippen molar-refractivity contribution in [1.82, 2.24) is 0 Å². The van der Waals surface area contributed by atoms with Gasteiger partial charge in [0.2, 0.25) is 0 Å². The minimum absolute atomic E-state index is 0.218. The summed E-state index contributed by atoms with van der Waals surface area (Å²) in [6.45, 7) is 6.69. The lowest BCUT2D eigenvalue weighted by molar-refractivity contribution is -0.241. The number of rotatable bonds is 33. The first kappa shape index (κ1) is 62.6. The van der Waals surface area contributed by atoms with E-state index in [0.29, 0.717) is 0 Å². The monoisotopic (exact) mass is 1150 g/mol. The Kier molecular flexibility index (Phi) is 23.2. The number of thiophene rings is 2. The van der Waals surface area contributed by atoms with Crippen LogP contribution in [0.1, 0.15) is 244 Å². The molecular formula is C70H90F3N5O2S2. The van der Waals surface area contributed by atoms with E-state index in [4.69, 9.17) is 9.47 Å². The van der Waals surface area contributed by atoms with Crippen LogP contribution in [0.25, 0.3) is 27.5 Å². The van der Waals surface area contributed by atoms with Gasteiger partial charge in [0.1, 0.15) is 29.5 Å². The van der Waals surface area contributed by atoms with Gasteiger partial charge in [-0.25, -0.2) is 0 Å². The molecule has 0 radical (unpaired) electrons. The maximum absolute atomic E-state index is 16.4. The largest absolute Gasteiger partial charge is 0.496 e. The summed E-state index contributed by atoms with van der Waals surface area (Å²) in [6, 6.07) is 19.4. The van der Waals surface area contributed by atoms with Crippen LogP contribution >= 0.6 is 22.7 Å². The van der Waals surface area contributed by atoms with Crippen molar-refractivity contribution in [3.8, 4) is 33.7 Å². The van der Waals surface area contributed by atoms with E-state index in [1.54, 1.807) is 36.7 Å². The van der Waals surface area contributed by atoms with E-state index in [-0.39, 0.29) is 10.4 Å². The van der Waals surface area contributed by atoms with Crippen LogP contribution in [-0.2, 0) is 28.7 Å². The lowest BCUT2D eigenvalue weighted by atomic mass is 9.76. The normalized spacial score (nSPS) is 17.1. The van der Waals surface area contributed by atoms with Gasteiger partial charge in [0.25, 0.3) is 5.60 Å². The summed E-state index contributed by atoms with van der Waals surface area (Å²) in [5.41, 5.74) is 1.72. The van der Waals surface area contributed by atoms with Crippen molar-refractivity contribution in [2.75, 3.05) is 37.0 Å². The van der Waals surface area contributed by atoms with Gasteiger partial charge in [0.15, 0.2) is 11.3 Å². The second kappa shape index (κ2) is 30.4. The molecule has 0 spiro atoms. The predicted molar refractivity (Wildman–Crippen MR) is 335 cm³/mol. The van der Waals surface area contributed by atoms with E-state index in [1.165, 1.54) is 199 Å². The number of benzene rings is 2. The molecule has 1 atom stereocenters. The third-order valence-corrected chi connectivity index (χ3v) is 20.6. The molecule has 1 unspecified atom stereocenters. The third-order valence-electron chi connectivity index (χ3n) is 18.2. The molecule has 4 aliphatic heterocycles. The molecule has 0 saturated heterocycles. The van der Waals surface area contributed by atoms with Crippen LogP contribution in [0.4, 0.5) is 24.5 Å². The summed E-state index contributed by atoms with van der Waals surface area (Å²) in [5, 5.41) is 31.2. The number of hydrogen-bond acceptors (Lipinski definition) is 9. The number of alkyl halides is 3. The van der Waals surface area contributed by atoms with Crippen LogP contribution in [0.3, 0.4) is 0 Å². The number of aryl methyl sites for hydroxylation is 1. The Balaban J connectivity index is 1.17. The minimum Gasteiger partial charge on any atom is -0.496 e. The van der Waals surface area contributed by atoms with Gasteiger partial charge in [-0.2, -0.15) is 29.0 Å². The predicted octanol–water partition coefficient (Wildman–Crippen LogP) is 21.0. The quantitative estimate of drug-likeness (QED) is 0.0346. The van der Waals surface area contributed by atoms with Crippen molar-refractivity contribution in [3.63, 3.8) is 0 Å². The summed E-state index contributed by atoms with van der Waals surface area (Å²) in [5.74, 6) is 0.287. The number of allylic oxidation sites excluding steroid dienone is 2. The first-order valence-corrected chi connectivity index (χ1v) is 33.3. The Morgan fingerprint density at radius 3 is 1.73 bits per heavy atom. The molecule has 6 heterocycles. The molecule has 2 aromatic heterocycles. The fraction of sp³-hybridized carbons (Fsp3) is 0.586. The molecule has 440 valence electrons. The van der Waals surface area contributed by atoms with E-state index in [9.17, 15) is 15.8 Å². The van der Waals surface area contributed by atoms with E-state index >= 15 is 13.2 Å². The second-order valence-electron chi connectivity index (χ2n) is 23.7. The fourth-order valence-electron chi connectivity index (χ4n) is 13.8. The topological polar surface area (TPSA) is 96.3 Å². The summed E-state index contributed by atoms with van der Waals surface area (Å²) < 4.78 is 61.4. The highest BCUT2D eigenvalue weighted by atomic mass is 32.1. The zero-order chi connectivity index (χ0) is 58.0. The molecule has 8 rings (SSSR count). The van der Waals surface area contributed by atoms with Crippen molar-refractivity contribution >= 4 is 51.8 Å². The van der Waals surface area contributed by atoms with Gasteiger partial charge in [-0.1, -0.05) is 211 Å². The highest BCUT2D eigenvalue weighted by Crippen LogP contribution is 2.64. The molecule has 82 heavy (non-hydrogen) atoms. The fourth-order valence-corrected chi connectivity index (χ4v) is 16.4. The van der Waals surface area contributed by atoms with E-state index in [2.05, 4.69) is 55.0 Å². The first-order chi connectivity index (χ1) is 40.0. The molecule has 0 N–H and O–H groups in total. The molecule has 0 fully saturated rings. The van der Waals surface area contributed by atoms with Crippen LogP contribution in [-0.4, -0.2) is 33.4 Å². The molecule has 0 saturated carbocycles. The third kappa shape index (κ3) is 14.0. The number of nitrogens with zero attached hydrogens (tertiary/aromatic N) is 5. The number of anilines is 2. The van der Waals surface area contributed by atoms with E-state index < -0.39 is 39.8 Å². The van der Waals surface area contributed by atoms with Crippen LogP contribution in [0.15, 0.2) is 65.4 Å². The molecule has 7 nitrogen and oxygen atoms in total. The van der Waals surface area contributed by atoms with Gasteiger partial charge in [0.05, 0.1) is 28.1 Å². The average Bonchev–Trinajstić information content (AvgIpc) is 1.94. The maximum atomic E-state index is 16.4. The number of ether oxygens (including phenoxy) is 2. The van der Waals surface area contributed by atoms with Gasteiger partial charge in [-0.3, -0.25) is 0 Å². The van der Waals surface area contributed by atoms with Crippen LogP contribution in [0.5, 0.6) is 5.75 Å². The molecule has 4 aliphatic rings. The van der Waals surface area contributed by atoms with E-state index in [0.717, 1.165) is 109 Å². The molecule has 0 amide bonds. The smallest absolute Gasteiger partial charge is 0.437 e. The number of hydrogen-bond donors (Lipinski definition) is 0. The SMILES string of the molecule is CCCCCCCCCCCCCCCC1(CCCCCCCCCCCCCCC)c2cc(/C=C/c3cc4c5c(c3OC)CCCN5CCC4)sc2-c2sc(C3=C(C#N)C(=C(C#N)C#N)OC3(c3ccccc3)C(F)(F)F)cc2N1C. The van der Waals surface area contributed by atoms with Crippen molar-refractivity contribution in [3.05, 3.63) is 103 Å². The summed E-state index contributed by atoms with van der Waals surface area (Å²) in [4.78, 5) is 8.07. The average molecular weight is 1150 g/mol. The molecule has 12 heteroatoms. The van der Waals surface area contributed by atoms with Crippen LogP contribution in [0.2, 0.25) is 0 Å². The Bertz CT molecular complexity index is 2920.